The molecule has 0 saturated heterocycles. The summed E-state index contributed by atoms with van der Waals surface area (Å²) >= 11 is 6.45. The maximum Gasteiger partial charge on any atom is 0.266 e. The van der Waals surface area contributed by atoms with E-state index in [1.807, 2.05) is 80.6 Å². The molecule has 0 spiro atoms. The minimum absolute atomic E-state index is 0.0945. The van der Waals surface area contributed by atoms with Crippen LogP contribution in [0.15, 0.2) is 71.5 Å². The minimum atomic E-state index is -0.0945. The van der Waals surface area contributed by atoms with Crippen molar-refractivity contribution in [1.29, 1.82) is 0 Å². The van der Waals surface area contributed by atoms with Crippen LogP contribution in [0.5, 0.6) is 0 Å². The van der Waals surface area contributed by atoms with Gasteiger partial charge in [-0.3, -0.25) is 9.36 Å². The van der Waals surface area contributed by atoms with Crippen LogP contribution in [-0.4, -0.2) is 9.55 Å². The lowest BCUT2D eigenvalue weighted by molar-refractivity contribution is 0.954. The van der Waals surface area contributed by atoms with Crippen molar-refractivity contribution in [2.24, 2.45) is 0 Å². The summed E-state index contributed by atoms with van der Waals surface area (Å²) in [5, 5.41) is 1.15. The zero-order valence-corrected chi connectivity index (χ0v) is 15.3. The SMILES string of the molecule is Cc1cccc(C)c1-n1c(-c2ccccc2Cl)nc2ccccc2c1=O. The van der Waals surface area contributed by atoms with Gasteiger partial charge in [0.25, 0.3) is 5.56 Å². The zero-order chi connectivity index (χ0) is 18.3. The Morgan fingerprint density at radius 1 is 0.846 bits per heavy atom. The molecule has 1 heterocycles. The van der Waals surface area contributed by atoms with Crippen LogP contribution in [0.1, 0.15) is 11.1 Å². The van der Waals surface area contributed by atoms with Crippen LogP contribution < -0.4 is 5.56 Å². The maximum absolute atomic E-state index is 13.4. The average Bonchev–Trinajstić information content (AvgIpc) is 2.64. The molecule has 3 nitrogen and oxygen atoms in total. The summed E-state index contributed by atoms with van der Waals surface area (Å²) in [6.07, 6.45) is 0. The molecule has 0 aliphatic rings. The monoisotopic (exact) mass is 360 g/mol. The molecule has 0 amide bonds. The molecule has 4 heteroatoms. The Balaban J connectivity index is 2.21. The molecule has 128 valence electrons. The summed E-state index contributed by atoms with van der Waals surface area (Å²) in [5.74, 6) is 0.553. The van der Waals surface area contributed by atoms with Crippen molar-refractivity contribution >= 4 is 22.5 Å². The second-order valence-corrected chi connectivity index (χ2v) is 6.72. The molecule has 0 radical (unpaired) electrons. The number of hydrogen-bond acceptors (Lipinski definition) is 2. The number of nitrogens with zero attached hydrogens (tertiary/aromatic N) is 2. The second-order valence-electron chi connectivity index (χ2n) is 6.31. The van der Waals surface area contributed by atoms with E-state index in [2.05, 4.69) is 0 Å². The Morgan fingerprint density at radius 2 is 1.50 bits per heavy atom. The van der Waals surface area contributed by atoms with Crippen LogP contribution in [-0.2, 0) is 0 Å². The molecule has 4 aromatic rings. The molecule has 0 aliphatic carbocycles. The predicted molar refractivity (Wildman–Crippen MR) is 107 cm³/mol. The largest absolute Gasteiger partial charge is 0.268 e. The fraction of sp³-hybridized carbons (Fsp3) is 0.0909. The highest BCUT2D eigenvalue weighted by Crippen LogP contribution is 2.30. The number of para-hydroxylation sites is 2. The van der Waals surface area contributed by atoms with Crippen molar-refractivity contribution in [3.05, 3.63) is 93.2 Å². The summed E-state index contributed by atoms with van der Waals surface area (Å²) < 4.78 is 1.69. The van der Waals surface area contributed by atoms with Gasteiger partial charge in [-0.25, -0.2) is 4.98 Å². The van der Waals surface area contributed by atoms with E-state index in [9.17, 15) is 4.79 Å². The number of aromatic nitrogens is 2. The van der Waals surface area contributed by atoms with Gasteiger partial charge in [-0.05, 0) is 49.2 Å². The first-order valence-electron chi connectivity index (χ1n) is 8.41. The first-order valence-corrected chi connectivity index (χ1v) is 8.79. The van der Waals surface area contributed by atoms with Crippen molar-refractivity contribution in [3.63, 3.8) is 0 Å². The van der Waals surface area contributed by atoms with Gasteiger partial charge in [-0.1, -0.05) is 54.1 Å². The van der Waals surface area contributed by atoms with E-state index < -0.39 is 0 Å². The first-order chi connectivity index (χ1) is 12.6. The normalized spacial score (nSPS) is 11.0. The van der Waals surface area contributed by atoms with E-state index in [1.54, 1.807) is 4.57 Å². The van der Waals surface area contributed by atoms with Crippen molar-refractivity contribution in [3.8, 4) is 17.1 Å². The lowest BCUT2D eigenvalue weighted by Gasteiger charge is -2.18. The number of fused-ring (bicyclic) bond motifs is 1. The first kappa shape index (κ1) is 16.6. The van der Waals surface area contributed by atoms with Crippen LogP contribution >= 0.6 is 11.6 Å². The van der Waals surface area contributed by atoms with E-state index in [-0.39, 0.29) is 5.56 Å². The van der Waals surface area contributed by atoms with E-state index in [0.29, 0.717) is 21.7 Å². The smallest absolute Gasteiger partial charge is 0.266 e. The predicted octanol–water partition coefficient (Wildman–Crippen LogP) is 5.32. The molecule has 0 saturated carbocycles. The number of rotatable bonds is 2. The van der Waals surface area contributed by atoms with Gasteiger partial charge in [0.1, 0.15) is 5.82 Å². The Bertz CT molecular complexity index is 1170. The van der Waals surface area contributed by atoms with Crippen LogP contribution in [0.4, 0.5) is 0 Å². The van der Waals surface area contributed by atoms with Gasteiger partial charge in [0.2, 0.25) is 0 Å². The molecule has 4 rings (SSSR count). The van der Waals surface area contributed by atoms with E-state index in [1.165, 1.54) is 0 Å². The zero-order valence-electron chi connectivity index (χ0n) is 14.5. The molecular weight excluding hydrogens is 344 g/mol. The van der Waals surface area contributed by atoms with E-state index in [0.717, 1.165) is 22.4 Å². The summed E-state index contributed by atoms with van der Waals surface area (Å²) in [4.78, 5) is 18.2. The maximum atomic E-state index is 13.4. The fourth-order valence-electron chi connectivity index (χ4n) is 3.32. The van der Waals surface area contributed by atoms with Gasteiger partial charge in [0.05, 0.1) is 21.6 Å². The van der Waals surface area contributed by atoms with Crippen molar-refractivity contribution in [1.82, 2.24) is 9.55 Å². The Morgan fingerprint density at radius 3 is 2.23 bits per heavy atom. The second kappa shape index (κ2) is 6.43. The van der Waals surface area contributed by atoms with Gasteiger partial charge in [0.15, 0.2) is 0 Å². The number of aryl methyl sites for hydroxylation is 2. The Kier molecular flexibility index (Phi) is 4.09. The number of halogens is 1. The molecule has 0 unspecified atom stereocenters. The van der Waals surface area contributed by atoms with E-state index in [4.69, 9.17) is 16.6 Å². The molecule has 0 bridgehead atoms. The summed E-state index contributed by atoms with van der Waals surface area (Å²) in [6, 6.07) is 20.9. The highest BCUT2D eigenvalue weighted by molar-refractivity contribution is 6.33. The summed E-state index contributed by atoms with van der Waals surface area (Å²) in [5.41, 5.74) is 4.18. The molecule has 0 aliphatic heterocycles. The summed E-state index contributed by atoms with van der Waals surface area (Å²) in [6.45, 7) is 4.00. The Hall–Kier alpha value is -2.91. The molecule has 0 fully saturated rings. The molecular formula is C22H17ClN2O. The quantitative estimate of drug-likeness (QED) is 0.484. The third kappa shape index (κ3) is 2.61. The molecule has 0 N–H and O–H groups in total. The lowest BCUT2D eigenvalue weighted by Crippen LogP contribution is -2.23. The standard InChI is InChI=1S/C22H17ClN2O/c1-14-8-7-9-15(2)20(14)25-21(16-10-3-5-12-18(16)23)24-19-13-6-4-11-17(19)22(25)26/h3-13H,1-2H3. The van der Waals surface area contributed by atoms with Gasteiger partial charge in [-0.15, -0.1) is 0 Å². The third-order valence-electron chi connectivity index (χ3n) is 4.55. The lowest BCUT2D eigenvalue weighted by atomic mass is 10.1. The summed E-state index contributed by atoms with van der Waals surface area (Å²) in [7, 11) is 0. The van der Waals surface area contributed by atoms with Gasteiger partial charge in [0, 0.05) is 5.56 Å². The van der Waals surface area contributed by atoms with Gasteiger partial charge >= 0.3 is 0 Å². The molecule has 26 heavy (non-hydrogen) atoms. The van der Waals surface area contributed by atoms with Gasteiger partial charge in [-0.2, -0.15) is 0 Å². The van der Waals surface area contributed by atoms with Gasteiger partial charge < -0.3 is 0 Å². The van der Waals surface area contributed by atoms with Crippen LogP contribution in [0.25, 0.3) is 28.0 Å². The van der Waals surface area contributed by atoms with Crippen LogP contribution in [0, 0.1) is 13.8 Å². The van der Waals surface area contributed by atoms with Crippen molar-refractivity contribution in [2.45, 2.75) is 13.8 Å². The highest BCUT2D eigenvalue weighted by atomic mass is 35.5. The molecule has 1 aromatic heterocycles. The number of benzene rings is 3. The molecule has 0 atom stereocenters. The molecule has 3 aromatic carbocycles. The fourth-order valence-corrected chi connectivity index (χ4v) is 3.54. The number of hydrogen-bond donors (Lipinski definition) is 0. The minimum Gasteiger partial charge on any atom is -0.268 e. The van der Waals surface area contributed by atoms with Crippen LogP contribution in [0.3, 0.4) is 0 Å². The average molecular weight is 361 g/mol. The highest BCUT2D eigenvalue weighted by Gasteiger charge is 2.18. The third-order valence-corrected chi connectivity index (χ3v) is 4.88. The topological polar surface area (TPSA) is 34.9 Å². The van der Waals surface area contributed by atoms with Crippen molar-refractivity contribution < 1.29 is 0 Å². The Labute approximate surface area is 156 Å². The van der Waals surface area contributed by atoms with E-state index >= 15 is 0 Å². The van der Waals surface area contributed by atoms with Crippen molar-refractivity contribution in [2.75, 3.05) is 0 Å². The van der Waals surface area contributed by atoms with Crippen LogP contribution in [0.2, 0.25) is 5.02 Å².